The normalized spacial score (nSPS) is 13.6. The van der Waals surface area contributed by atoms with E-state index in [4.69, 9.17) is 12.2 Å². The smallest absolute Gasteiger partial charge is 0.263 e. The number of para-hydroxylation sites is 1. The molecule has 0 radical (unpaired) electrons. The van der Waals surface area contributed by atoms with Gasteiger partial charge in [-0.05, 0) is 36.5 Å². The number of benzene rings is 1. The van der Waals surface area contributed by atoms with Crippen LogP contribution < -0.4 is 10.9 Å². The van der Waals surface area contributed by atoms with Crippen molar-refractivity contribution in [1.29, 1.82) is 0 Å². The van der Waals surface area contributed by atoms with Gasteiger partial charge in [-0.15, -0.1) is 0 Å². The Bertz CT molecular complexity index is 968. The second-order valence-electron chi connectivity index (χ2n) is 5.74. The van der Waals surface area contributed by atoms with Gasteiger partial charge in [-0.25, -0.2) is 4.98 Å². The number of thiocarbonyl (C=S) groups is 1. The summed E-state index contributed by atoms with van der Waals surface area (Å²) in [6.07, 6.45) is 2.47. The quantitative estimate of drug-likeness (QED) is 0.692. The first-order valence-corrected chi connectivity index (χ1v) is 8.23. The number of hydrogen-bond donors (Lipinski definition) is 1. The van der Waals surface area contributed by atoms with Crippen LogP contribution in [0.15, 0.2) is 59.5 Å². The molecule has 0 amide bonds. The van der Waals surface area contributed by atoms with Gasteiger partial charge in [0.15, 0.2) is 5.11 Å². The highest BCUT2D eigenvalue weighted by atomic mass is 32.1. The van der Waals surface area contributed by atoms with Gasteiger partial charge < -0.3 is 10.2 Å². The van der Waals surface area contributed by atoms with Crippen molar-refractivity contribution in [3.63, 3.8) is 0 Å². The standard InChI is InChI=1S/C18H16N4OS/c23-17-14-12-21(18(24)19-13-6-2-1-3-7-13)11-9-15(14)20-16-8-4-5-10-22(16)17/h1-8,10H,9,11-12H2,(H,19,24). The Labute approximate surface area is 144 Å². The minimum Gasteiger partial charge on any atom is -0.344 e. The molecule has 24 heavy (non-hydrogen) atoms. The predicted octanol–water partition coefficient (Wildman–Crippen LogP) is 2.45. The summed E-state index contributed by atoms with van der Waals surface area (Å²) in [4.78, 5) is 19.4. The van der Waals surface area contributed by atoms with E-state index in [0.29, 0.717) is 23.7 Å². The molecule has 0 spiro atoms. The maximum absolute atomic E-state index is 12.7. The molecule has 2 aromatic heterocycles. The van der Waals surface area contributed by atoms with Gasteiger partial charge in [0.25, 0.3) is 5.56 Å². The van der Waals surface area contributed by atoms with Crippen molar-refractivity contribution in [1.82, 2.24) is 14.3 Å². The third-order valence-corrected chi connectivity index (χ3v) is 4.55. The highest BCUT2D eigenvalue weighted by Crippen LogP contribution is 2.16. The Morgan fingerprint density at radius 3 is 2.75 bits per heavy atom. The summed E-state index contributed by atoms with van der Waals surface area (Å²) in [5, 5.41) is 3.86. The fourth-order valence-corrected chi connectivity index (χ4v) is 3.22. The zero-order valence-corrected chi connectivity index (χ0v) is 13.8. The Hall–Kier alpha value is -2.73. The van der Waals surface area contributed by atoms with Crippen LogP contribution in [0.2, 0.25) is 0 Å². The molecule has 0 bridgehead atoms. The van der Waals surface area contributed by atoms with E-state index < -0.39 is 0 Å². The molecule has 3 heterocycles. The molecule has 0 aliphatic carbocycles. The number of rotatable bonds is 1. The number of nitrogens with one attached hydrogen (secondary N) is 1. The average molecular weight is 336 g/mol. The highest BCUT2D eigenvalue weighted by Gasteiger charge is 2.23. The molecule has 1 aliphatic heterocycles. The lowest BCUT2D eigenvalue weighted by atomic mass is 10.1. The molecule has 0 fully saturated rings. The van der Waals surface area contributed by atoms with Crippen LogP contribution in [0.4, 0.5) is 5.69 Å². The van der Waals surface area contributed by atoms with Gasteiger partial charge in [0.05, 0.1) is 17.8 Å². The molecule has 1 aromatic carbocycles. The summed E-state index contributed by atoms with van der Waals surface area (Å²) in [7, 11) is 0. The van der Waals surface area contributed by atoms with Crippen LogP contribution in [0.25, 0.3) is 5.65 Å². The number of fused-ring (bicyclic) bond motifs is 2. The van der Waals surface area contributed by atoms with E-state index in [9.17, 15) is 4.79 Å². The fraction of sp³-hybridized carbons (Fsp3) is 0.167. The third-order valence-electron chi connectivity index (χ3n) is 4.19. The number of nitrogens with zero attached hydrogens (tertiary/aromatic N) is 3. The van der Waals surface area contributed by atoms with Crippen LogP contribution in [-0.2, 0) is 13.0 Å². The summed E-state index contributed by atoms with van der Waals surface area (Å²) in [6, 6.07) is 15.4. The van der Waals surface area contributed by atoms with E-state index >= 15 is 0 Å². The largest absolute Gasteiger partial charge is 0.344 e. The Morgan fingerprint density at radius 2 is 1.92 bits per heavy atom. The van der Waals surface area contributed by atoms with Crippen molar-refractivity contribution in [2.45, 2.75) is 13.0 Å². The van der Waals surface area contributed by atoms with E-state index in [-0.39, 0.29) is 5.56 Å². The van der Waals surface area contributed by atoms with Crippen molar-refractivity contribution in [2.24, 2.45) is 0 Å². The Kier molecular flexibility index (Phi) is 3.74. The summed E-state index contributed by atoms with van der Waals surface area (Å²) in [6.45, 7) is 1.23. The van der Waals surface area contributed by atoms with Crippen molar-refractivity contribution in [3.05, 3.63) is 76.3 Å². The lowest BCUT2D eigenvalue weighted by molar-refractivity contribution is 0.392. The molecule has 5 nitrogen and oxygen atoms in total. The van der Waals surface area contributed by atoms with Crippen LogP contribution >= 0.6 is 12.2 Å². The minimum absolute atomic E-state index is 0.0113. The van der Waals surface area contributed by atoms with Gasteiger partial charge in [-0.2, -0.15) is 0 Å². The second-order valence-corrected chi connectivity index (χ2v) is 6.13. The van der Waals surface area contributed by atoms with Gasteiger partial charge in [0, 0.05) is 24.8 Å². The summed E-state index contributed by atoms with van der Waals surface area (Å²) < 4.78 is 1.59. The van der Waals surface area contributed by atoms with Crippen LogP contribution in [0.1, 0.15) is 11.3 Å². The highest BCUT2D eigenvalue weighted by molar-refractivity contribution is 7.80. The summed E-state index contributed by atoms with van der Waals surface area (Å²) >= 11 is 5.51. The lowest BCUT2D eigenvalue weighted by Gasteiger charge is -2.30. The number of pyridine rings is 1. The number of hydrogen-bond acceptors (Lipinski definition) is 3. The van der Waals surface area contributed by atoms with Crippen molar-refractivity contribution < 1.29 is 0 Å². The van der Waals surface area contributed by atoms with Gasteiger partial charge in [-0.1, -0.05) is 24.3 Å². The molecule has 0 saturated heterocycles. The van der Waals surface area contributed by atoms with Crippen LogP contribution in [0.5, 0.6) is 0 Å². The van der Waals surface area contributed by atoms with E-state index in [2.05, 4.69) is 10.3 Å². The molecular formula is C18H16N4OS. The second kappa shape index (κ2) is 6.05. The van der Waals surface area contributed by atoms with Crippen molar-refractivity contribution in [2.75, 3.05) is 11.9 Å². The zero-order chi connectivity index (χ0) is 16.5. The Morgan fingerprint density at radius 1 is 1.12 bits per heavy atom. The van der Waals surface area contributed by atoms with E-state index in [1.807, 2.05) is 53.4 Å². The molecule has 1 N–H and O–H groups in total. The molecule has 0 unspecified atom stereocenters. The van der Waals surface area contributed by atoms with Crippen molar-refractivity contribution >= 4 is 28.7 Å². The van der Waals surface area contributed by atoms with Gasteiger partial charge in [-0.3, -0.25) is 9.20 Å². The SMILES string of the molecule is O=c1c2c(nc3ccccn13)CCN(C(=S)Nc1ccccc1)C2. The van der Waals surface area contributed by atoms with Gasteiger partial charge >= 0.3 is 0 Å². The molecule has 0 saturated carbocycles. The molecule has 4 rings (SSSR count). The van der Waals surface area contributed by atoms with E-state index in [1.54, 1.807) is 10.6 Å². The molecule has 3 aromatic rings. The van der Waals surface area contributed by atoms with Gasteiger partial charge in [0.1, 0.15) is 5.65 Å². The molecule has 120 valence electrons. The van der Waals surface area contributed by atoms with Crippen LogP contribution in [0, 0.1) is 0 Å². The average Bonchev–Trinajstić information content (AvgIpc) is 2.62. The first-order chi connectivity index (χ1) is 11.7. The van der Waals surface area contributed by atoms with Crippen LogP contribution in [0.3, 0.4) is 0 Å². The lowest BCUT2D eigenvalue weighted by Crippen LogP contribution is -2.42. The first kappa shape index (κ1) is 14.8. The molecule has 1 aliphatic rings. The maximum atomic E-state index is 12.7. The molecule has 6 heteroatoms. The molecule has 0 atom stereocenters. The van der Waals surface area contributed by atoms with Gasteiger partial charge in [0.2, 0.25) is 0 Å². The third kappa shape index (κ3) is 2.65. The van der Waals surface area contributed by atoms with E-state index in [0.717, 1.165) is 23.5 Å². The minimum atomic E-state index is -0.0113. The number of aromatic nitrogens is 2. The fourth-order valence-electron chi connectivity index (χ4n) is 2.95. The zero-order valence-electron chi connectivity index (χ0n) is 13.0. The first-order valence-electron chi connectivity index (χ1n) is 7.82. The summed E-state index contributed by atoms with van der Waals surface area (Å²) in [5.74, 6) is 0. The Balaban J connectivity index is 1.62. The number of anilines is 1. The maximum Gasteiger partial charge on any atom is 0.263 e. The molecular weight excluding hydrogens is 320 g/mol. The van der Waals surface area contributed by atoms with Crippen molar-refractivity contribution in [3.8, 4) is 0 Å². The summed E-state index contributed by atoms with van der Waals surface area (Å²) in [5.41, 5.74) is 3.23. The van der Waals surface area contributed by atoms with E-state index in [1.165, 1.54) is 0 Å². The topological polar surface area (TPSA) is 49.6 Å². The van der Waals surface area contributed by atoms with Crippen LogP contribution in [-0.4, -0.2) is 25.9 Å². The monoisotopic (exact) mass is 336 g/mol. The predicted molar refractivity (Wildman–Crippen MR) is 98.2 cm³/mol.